The number of rotatable bonds is 7. The Morgan fingerprint density at radius 3 is 2.59 bits per heavy atom. The number of nitrogens with zero attached hydrogens (tertiary/aromatic N) is 3. The molecule has 0 radical (unpaired) electrons. The van der Waals surface area contributed by atoms with Gasteiger partial charge in [-0.15, -0.1) is 0 Å². The zero-order chi connectivity index (χ0) is 27.5. The molecule has 4 aromatic rings. The molecule has 1 aliphatic rings. The third-order valence-electron chi connectivity index (χ3n) is 7.21. The maximum Gasteiger partial charge on any atom is 0.328 e. The topological polar surface area (TPSA) is 93.4 Å². The summed E-state index contributed by atoms with van der Waals surface area (Å²) in [5, 5.41) is 3.19. The fraction of sp³-hybridized carbons (Fsp3) is 0.258. The minimum absolute atomic E-state index is 0.0468. The second kappa shape index (κ2) is 11.2. The number of hydrogen-bond donors (Lipinski definition) is 2. The molecular weight excluding hydrogens is 493 g/mol. The van der Waals surface area contributed by atoms with E-state index in [1.165, 1.54) is 12.1 Å². The van der Waals surface area contributed by atoms with Crippen LogP contribution in [0.25, 0.3) is 0 Å². The molecule has 3 aromatic carbocycles. The summed E-state index contributed by atoms with van der Waals surface area (Å²) in [6.45, 7) is 6.87. The van der Waals surface area contributed by atoms with Crippen LogP contribution in [-0.4, -0.2) is 28.5 Å². The summed E-state index contributed by atoms with van der Waals surface area (Å²) in [6.07, 6.45) is 1.19. The molecule has 0 fully saturated rings. The van der Waals surface area contributed by atoms with Crippen LogP contribution in [-0.2, 0) is 17.6 Å². The molecule has 3 N–H and O–H groups in total. The summed E-state index contributed by atoms with van der Waals surface area (Å²) in [5.74, 6) is 1.08. The van der Waals surface area contributed by atoms with Crippen LogP contribution in [0, 0.1) is 19.7 Å². The predicted octanol–water partition coefficient (Wildman–Crippen LogP) is 5.58. The fourth-order valence-electron chi connectivity index (χ4n) is 4.92. The van der Waals surface area contributed by atoms with Gasteiger partial charge in [0.2, 0.25) is 5.95 Å². The van der Waals surface area contributed by atoms with E-state index < -0.39 is 12.0 Å². The average Bonchev–Trinajstić information content (AvgIpc) is 2.93. The van der Waals surface area contributed by atoms with Gasteiger partial charge in [0.15, 0.2) is 0 Å². The highest BCUT2D eigenvalue weighted by Gasteiger charge is 2.28. The second-order valence-corrected chi connectivity index (χ2v) is 9.91. The molecule has 1 aromatic heterocycles. The Bertz CT molecular complexity index is 1480. The van der Waals surface area contributed by atoms with Crippen molar-refractivity contribution < 1.29 is 13.9 Å². The molecule has 0 saturated carbocycles. The minimum atomic E-state index is -0.737. The van der Waals surface area contributed by atoms with E-state index in [9.17, 15) is 9.18 Å². The highest BCUT2D eigenvalue weighted by molar-refractivity contribution is 5.78. The van der Waals surface area contributed by atoms with Crippen LogP contribution in [0.3, 0.4) is 0 Å². The minimum Gasteiger partial charge on any atom is -0.425 e. The van der Waals surface area contributed by atoms with Crippen molar-refractivity contribution in [1.29, 1.82) is 0 Å². The number of nitrogens with one attached hydrogen (secondary N) is 1. The van der Waals surface area contributed by atoms with E-state index in [0.29, 0.717) is 23.8 Å². The van der Waals surface area contributed by atoms with Crippen LogP contribution in [0.5, 0.6) is 5.75 Å². The number of carbonyl (C=O) groups is 1. The molecule has 0 amide bonds. The van der Waals surface area contributed by atoms with Crippen molar-refractivity contribution in [1.82, 2.24) is 9.97 Å². The van der Waals surface area contributed by atoms with Gasteiger partial charge in [-0.25, -0.2) is 14.2 Å². The van der Waals surface area contributed by atoms with Crippen molar-refractivity contribution in [2.45, 2.75) is 45.7 Å². The van der Waals surface area contributed by atoms with Gasteiger partial charge in [0, 0.05) is 23.5 Å². The Morgan fingerprint density at radius 1 is 1.10 bits per heavy atom. The van der Waals surface area contributed by atoms with Crippen molar-refractivity contribution in [3.05, 3.63) is 107 Å². The summed E-state index contributed by atoms with van der Waals surface area (Å²) in [5.41, 5.74) is 12.0. The van der Waals surface area contributed by atoms with E-state index in [0.717, 1.165) is 46.7 Å². The lowest BCUT2D eigenvalue weighted by molar-refractivity contribution is -0.135. The fourth-order valence-corrected chi connectivity index (χ4v) is 4.92. The summed E-state index contributed by atoms with van der Waals surface area (Å²) in [7, 11) is 0. The summed E-state index contributed by atoms with van der Waals surface area (Å²) < 4.78 is 19.0. The number of benzene rings is 3. The molecule has 5 rings (SSSR count). The number of esters is 1. The first kappa shape index (κ1) is 26.3. The molecule has 39 heavy (non-hydrogen) atoms. The molecule has 7 nitrogen and oxygen atoms in total. The van der Waals surface area contributed by atoms with E-state index in [2.05, 4.69) is 22.1 Å². The lowest BCUT2D eigenvalue weighted by atomic mass is 9.93. The molecule has 8 heteroatoms. The molecular formula is C31H32FN5O2. The number of carbonyl (C=O) groups excluding carboxylic acids is 1. The van der Waals surface area contributed by atoms with Crippen LogP contribution < -0.4 is 20.7 Å². The highest BCUT2D eigenvalue weighted by atomic mass is 19.1. The quantitative estimate of drug-likeness (QED) is 0.240. The molecule has 2 heterocycles. The number of ether oxygens (including phenoxy) is 1. The summed E-state index contributed by atoms with van der Waals surface area (Å²) in [4.78, 5) is 24.3. The molecule has 2 atom stereocenters. The first-order valence-corrected chi connectivity index (χ1v) is 13.1. The van der Waals surface area contributed by atoms with Crippen LogP contribution >= 0.6 is 0 Å². The maximum absolute atomic E-state index is 13.3. The second-order valence-electron chi connectivity index (χ2n) is 9.91. The van der Waals surface area contributed by atoms with Gasteiger partial charge in [-0.1, -0.05) is 36.4 Å². The Morgan fingerprint density at radius 2 is 1.85 bits per heavy atom. The van der Waals surface area contributed by atoms with Crippen molar-refractivity contribution in [2.75, 3.05) is 16.8 Å². The van der Waals surface area contributed by atoms with E-state index >= 15 is 0 Å². The first-order valence-electron chi connectivity index (χ1n) is 13.1. The third kappa shape index (κ3) is 5.91. The number of halogens is 1. The number of aromatic nitrogens is 2. The predicted molar refractivity (Wildman–Crippen MR) is 151 cm³/mol. The van der Waals surface area contributed by atoms with Gasteiger partial charge >= 0.3 is 5.97 Å². The number of nitrogens with two attached hydrogens (primary N) is 1. The van der Waals surface area contributed by atoms with Crippen LogP contribution in [0.4, 0.5) is 21.8 Å². The lowest BCUT2D eigenvalue weighted by Crippen LogP contribution is -2.37. The van der Waals surface area contributed by atoms with Gasteiger partial charge in [0.05, 0.1) is 6.04 Å². The standard InChI is InChI=1S/C31H32FN5O2/c1-19-20(2)34-31(35-25-11-9-24(32)10-12-25)36-29(19)37-16-15-23-18-26(13-14-27(23)21(37)3)39-30(38)28(33)17-22-7-5-4-6-8-22/h4-14,18,21,28H,15-17,33H2,1-3H3,(H,34,35,36)/t21?,28-/m0/s1. The first-order chi connectivity index (χ1) is 18.8. The number of hydrogen-bond acceptors (Lipinski definition) is 7. The average molecular weight is 526 g/mol. The Balaban J connectivity index is 1.31. The third-order valence-corrected chi connectivity index (χ3v) is 7.21. The van der Waals surface area contributed by atoms with E-state index in [1.807, 2.05) is 62.4 Å². The van der Waals surface area contributed by atoms with Gasteiger partial charge in [0.1, 0.15) is 23.4 Å². The smallest absolute Gasteiger partial charge is 0.328 e. The zero-order valence-electron chi connectivity index (χ0n) is 22.3. The van der Waals surface area contributed by atoms with Crippen molar-refractivity contribution >= 4 is 23.4 Å². The Hall–Kier alpha value is -4.30. The molecule has 1 unspecified atom stereocenters. The highest BCUT2D eigenvalue weighted by Crippen LogP contribution is 2.36. The SMILES string of the molecule is Cc1nc(Nc2ccc(F)cc2)nc(N2CCc3cc(OC(=O)[C@@H](N)Cc4ccccc4)ccc3C2C)c1C. The van der Waals surface area contributed by atoms with Gasteiger partial charge in [-0.05, 0) is 86.7 Å². The van der Waals surface area contributed by atoms with Crippen molar-refractivity contribution in [3.63, 3.8) is 0 Å². The number of fused-ring (bicyclic) bond motifs is 1. The van der Waals surface area contributed by atoms with Crippen LogP contribution in [0.15, 0.2) is 72.8 Å². The molecule has 1 aliphatic heterocycles. The van der Waals surface area contributed by atoms with Gasteiger partial charge in [-0.2, -0.15) is 4.98 Å². The summed E-state index contributed by atoms with van der Waals surface area (Å²) in [6, 6.07) is 20.9. The normalized spacial score (nSPS) is 15.4. The van der Waals surface area contributed by atoms with Gasteiger partial charge in [0.25, 0.3) is 0 Å². The Labute approximate surface area is 227 Å². The van der Waals surface area contributed by atoms with Gasteiger partial charge < -0.3 is 20.7 Å². The van der Waals surface area contributed by atoms with E-state index in [1.54, 1.807) is 12.1 Å². The molecule has 0 aliphatic carbocycles. The van der Waals surface area contributed by atoms with Crippen molar-refractivity contribution in [3.8, 4) is 5.75 Å². The molecule has 0 spiro atoms. The van der Waals surface area contributed by atoms with E-state index in [4.69, 9.17) is 15.5 Å². The molecule has 0 bridgehead atoms. The number of anilines is 3. The maximum atomic E-state index is 13.3. The molecule has 0 saturated heterocycles. The molecule has 200 valence electrons. The van der Waals surface area contributed by atoms with Gasteiger partial charge in [-0.3, -0.25) is 0 Å². The monoisotopic (exact) mass is 525 g/mol. The van der Waals surface area contributed by atoms with Crippen LogP contribution in [0.2, 0.25) is 0 Å². The lowest BCUT2D eigenvalue weighted by Gasteiger charge is -2.37. The number of aryl methyl sites for hydroxylation is 1. The van der Waals surface area contributed by atoms with E-state index in [-0.39, 0.29) is 11.9 Å². The Kier molecular flexibility index (Phi) is 7.56. The largest absolute Gasteiger partial charge is 0.425 e. The van der Waals surface area contributed by atoms with Crippen molar-refractivity contribution in [2.24, 2.45) is 5.73 Å². The zero-order valence-corrected chi connectivity index (χ0v) is 22.3. The van der Waals surface area contributed by atoms with Crippen LogP contribution in [0.1, 0.15) is 40.9 Å². The summed E-state index contributed by atoms with van der Waals surface area (Å²) >= 11 is 0.